The molecule has 2 aliphatic rings. The lowest BCUT2D eigenvalue weighted by molar-refractivity contribution is -0.142. The van der Waals surface area contributed by atoms with Crippen LogP contribution >= 0.6 is 0 Å². The van der Waals surface area contributed by atoms with Crippen molar-refractivity contribution in [1.82, 2.24) is 20.0 Å². The zero-order valence-electron chi connectivity index (χ0n) is 14.3. The first kappa shape index (κ1) is 16.1. The van der Waals surface area contributed by atoms with E-state index in [2.05, 4.69) is 21.4 Å². The smallest absolute Gasteiger partial charge is 0.246 e. The summed E-state index contributed by atoms with van der Waals surface area (Å²) < 4.78 is 13.1. The molecule has 1 aromatic heterocycles. The maximum atomic E-state index is 11.3. The summed E-state index contributed by atoms with van der Waals surface area (Å²) >= 11 is 0. The van der Waals surface area contributed by atoms with Crippen LogP contribution in [0.5, 0.6) is 5.75 Å². The number of benzene rings is 1. The van der Waals surface area contributed by atoms with Crippen LogP contribution in [0.25, 0.3) is 5.69 Å². The number of rotatable bonds is 4. The van der Waals surface area contributed by atoms with E-state index < -0.39 is 0 Å². The molecule has 0 saturated carbocycles. The van der Waals surface area contributed by atoms with E-state index in [1.807, 2.05) is 29.1 Å². The highest BCUT2D eigenvalue weighted by Crippen LogP contribution is 2.30. The van der Waals surface area contributed by atoms with Gasteiger partial charge in [0.05, 0.1) is 18.4 Å². The van der Waals surface area contributed by atoms with Gasteiger partial charge < -0.3 is 14.8 Å². The molecule has 2 fully saturated rings. The van der Waals surface area contributed by atoms with Gasteiger partial charge in [-0.15, -0.1) is 0 Å². The molecule has 4 rings (SSSR count). The van der Waals surface area contributed by atoms with Crippen molar-refractivity contribution in [3.05, 3.63) is 42.2 Å². The van der Waals surface area contributed by atoms with Crippen LogP contribution < -0.4 is 10.1 Å². The first-order valence-corrected chi connectivity index (χ1v) is 8.47. The van der Waals surface area contributed by atoms with Crippen LogP contribution in [-0.2, 0) is 16.1 Å². The Labute approximate surface area is 146 Å². The summed E-state index contributed by atoms with van der Waals surface area (Å²) in [6.07, 6.45) is 4.64. The number of aromatic nitrogens is 2. The molecule has 1 amide bonds. The quantitative estimate of drug-likeness (QED) is 0.897. The van der Waals surface area contributed by atoms with Crippen LogP contribution in [0.3, 0.4) is 0 Å². The summed E-state index contributed by atoms with van der Waals surface area (Å²) in [5, 5.41) is 7.28. The second kappa shape index (κ2) is 6.50. The van der Waals surface area contributed by atoms with Gasteiger partial charge in [-0.2, -0.15) is 5.10 Å². The van der Waals surface area contributed by atoms with Gasteiger partial charge in [0.15, 0.2) is 0 Å². The van der Waals surface area contributed by atoms with Crippen molar-refractivity contribution in [3.8, 4) is 11.4 Å². The van der Waals surface area contributed by atoms with E-state index in [9.17, 15) is 4.79 Å². The maximum absolute atomic E-state index is 11.3. The van der Waals surface area contributed by atoms with E-state index in [4.69, 9.17) is 9.47 Å². The van der Waals surface area contributed by atoms with E-state index in [1.165, 1.54) is 0 Å². The van der Waals surface area contributed by atoms with Gasteiger partial charge in [-0.3, -0.25) is 9.69 Å². The number of nitrogens with one attached hydrogen (secondary N) is 1. The lowest BCUT2D eigenvalue weighted by Gasteiger charge is -2.33. The number of hydrogen-bond acceptors (Lipinski definition) is 5. The van der Waals surface area contributed by atoms with Gasteiger partial charge in [0, 0.05) is 38.6 Å². The Morgan fingerprint density at radius 3 is 3.08 bits per heavy atom. The molecule has 1 N–H and O–H groups in total. The zero-order chi connectivity index (χ0) is 17.3. The van der Waals surface area contributed by atoms with E-state index in [1.54, 1.807) is 13.3 Å². The molecule has 2 aromatic rings. The predicted molar refractivity (Wildman–Crippen MR) is 91.7 cm³/mol. The highest BCUT2D eigenvalue weighted by atomic mass is 16.5. The molecule has 2 saturated heterocycles. The molecule has 3 heterocycles. The summed E-state index contributed by atoms with van der Waals surface area (Å²) in [5.74, 6) is 0.804. The number of carbonyl (C=O) groups is 1. The lowest BCUT2D eigenvalue weighted by atomic mass is 10.0. The number of hydrogen-bond donors (Lipinski definition) is 1. The van der Waals surface area contributed by atoms with Crippen LogP contribution in [0.1, 0.15) is 12.0 Å². The number of carbonyl (C=O) groups excluding carboxylic acids is 1. The van der Waals surface area contributed by atoms with Crippen molar-refractivity contribution in [3.63, 3.8) is 0 Å². The molecule has 1 unspecified atom stereocenters. The summed E-state index contributed by atoms with van der Waals surface area (Å²) in [6, 6.07) is 7.96. The van der Waals surface area contributed by atoms with E-state index >= 15 is 0 Å². The highest BCUT2D eigenvalue weighted by Gasteiger charge is 2.42. The standard InChI is InChI=1S/C18H22N4O3/c1-24-15-3-4-16(22-7-2-6-20-22)14(9-15)10-21-8-5-18(13-21)12-19-17(23)11-25-18/h2-4,6-7,9H,5,8,10-13H2,1H3,(H,19,23). The molecule has 132 valence electrons. The largest absolute Gasteiger partial charge is 0.497 e. The van der Waals surface area contributed by atoms with Crippen molar-refractivity contribution in [2.75, 3.05) is 33.4 Å². The first-order chi connectivity index (χ1) is 12.2. The van der Waals surface area contributed by atoms with Gasteiger partial charge in [-0.1, -0.05) is 0 Å². The van der Waals surface area contributed by atoms with Crippen molar-refractivity contribution in [1.29, 1.82) is 0 Å². The van der Waals surface area contributed by atoms with Gasteiger partial charge in [0.1, 0.15) is 12.4 Å². The summed E-state index contributed by atoms with van der Waals surface area (Å²) in [5.41, 5.74) is 1.95. The number of nitrogens with zero attached hydrogens (tertiary/aromatic N) is 3. The number of amides is 1. The summed E-state index contributed by atoms with van der Waals surface area (Å²) in [6.45, 7) is 3.28. The molecule has 25 heavy (non-hydrogen) atoms. The Bertz CT molecular complexity index is 750. The Balaban J connectivity index is 1.53. The van der Waals surface area contributed by atoms with Crippen LogP contribution in [0.15, 0.2) is 36.7 Å². The third-order valence-corrected chi connectivity index (χ3v) is 4.94. The second-order valence-corrected chi connectivity index (χ2v) is 6.65. The molecule has 0 aliphatic carbocycles. The minimum absolute atomic E-state index is 0.0298. The third kappa shape index (κ3) is 3.25. The van der Waals surface area contributed by atoms with Gasteiger partial charge in [0.2, 0.25) is 5.91 Å². The molecule has 0 bridgehead atoms. The highest BCUT2D eigenvalue weighted by molar-refractivity contribution is 5.78. The summed E-state index contributed by atoms with van der Waals surface area (Å²) in [4.78, 5) is 13.7. The fourth-order valence-electron chi connectivity index (χ4n) is 3.60. The van der Waals surface area contributed by atoms with Crippen LogP contribution in [0.2, 0.25) is 0 Å². The molecule has 2 aliphatic heterocycles. The SMILES string of the molecule is COc1ccc(-n2cccn2)c(CN2CCC3(CNC(=O)CO3)C2)c1. The molecule has 1 atom stereocenters. The van der Waals surface area contributed by atoms with Gasteiger partial charge >= 0.3 is 0 Å². The maximum Gasteiger partial charge on any atom is 0.246 e. The van der Waals surface area contributed by atoms with Crippen molar-refractivity contribution >= 4 is 5.91 Å². The third-order valence-electron chi connectivity index (χ3n) is 4.94. The van der Waals surface area contributed by atoms with Gasteiger partial charge in [0.25, 0.3) is 0 Å². The van der Waals surface area contributed by atoms with Crippen molar-refractivity contribution in [2.24, 2.45) is 0 Å². The minimum Gasteiger partial charge on any atom is -0.497 e. The first-order valence-electron chi connectivity index (χ1n) is 8.47. The number of likely N-dealkylation sites (tertiary alicyclic amines) is 1. The minimum atomic E-state index is -0.251. The van der Waals surface area contributed by atoms with Gasteiger partial charge in [-0.05, 0) is 36.2 Å². The van der Waals surface area contributed by atoms with Crippen LogP contribution in [0, 0.1) is 0 Å². The molecule has 0 radical (unpaired) electrons. The number of methoxy groups -OCH3 is 1. The number of ether oxygens (including phenoxy) is 2. The molecule has 1 aromatic carbocycles. The van der Waals surface area contributed by atoms with E-state index in [0.29, 0.717) is 6.54 Å². The second-order valence-electron chi connectivity index (χ2n) is 6.65. The van der Waals surface area contributed by atoms with Crippen LogP contribution in [-0.4, -0.2) is 59.5 Å². The normalized spacial score (nSPS) is 23.8. The average molecular weight is 342 g/mol. The molecular formula is C18H22N4O3. The lowest BCUT2D eigenvalue weighted by Crippen LogP contribution is -2.53. The van der Waals surface area contributed by atoms with E-state index in [-0.39, 0.29) is 18.1 Å². The molecule has 1 spiro atoms. The molecular weight excluding hydrogens is 320 g/mol. The average Bonchev–Trinajstić information content (AvgIpc) is 3.29. The Hall–Kier alpha value is -2.38. The number of morpholine rings is 1. The Morgan fingerprint density at radius 1 is 1.44 bits per heavy atom. The van der Waals surface area contributed by atoms with E-state index in [0.717, 1.165) is 43.1 Å². The van der Waals surface area contributed by atoms with Gasteiger partial charge in [-0.25, -0.2) is 4.68 Å². The topological polar surface area (TPSA) is 68.6 Å². The predicted octanol–water partition coefficient (Wildman–Crippen LogP) is 0.972. The van der Waals surface area contributed by atoms with Crippen LogP contribution in [0.4, 0.5) is 0 Å². The fourth-order valence-corrected chi connectivity index (χ4v) is 3.60. The van der Waals surface area contributed by atoms with Crippen molar-refractivity contribution in [2.45, 2.75) is 18.6 Å². The Kier molecular flexibility index (Phi) is 4.19. The summed E-state index contributed by atoms with van der Waals surface area (Å²) in [7, 11) is 1.68. The molecule has 7 heteroatoms. The van der Waals surface area contributed by atoms with Crippen molar-refractivity contribution < 1.29 is 14.3 Å². The zero-order valence-corrected chi connectivity index (χ0v) is 14.3. The monoisotopic (exact) mass is 342 g/mol. The fraction of sp³-hybridized carbons (Fsp3) is 0.444. The molecule has 7 nitrogen and oxygen atoms in total. The Morgan fingerprint density at radius 2 is 2.36 bits per heavy atom.